The van der Waals surface area contributed by atoms with Crippen LogP contribution in [0.4, 0.5) is 0 Å². The number of hydrogen-bond donors (Lipinski definition) is 1. The van der Waals surface area contributed by atoms with Crippen LogP contribution in [0.1, 0.15) is 50.5 Å². The first kappa shape index (κ1) is 12.7. The molecule has 2 aliphatic rings. The summed E-state index contributed by atoms with van der Waals surface area (Å²) in [6.07, 6.45) is 10.1. The van der Waals surface area contributed by atoms with Gasteiger partial charge in [-0.15, -0.1) is 0 Å². The SMILES string of the molecule is Brc1ccccc1CNC1CCC12CCCCC2. The Hall–Kier alpha value is -0.340. The number of nitrogens with one attached hydrogen (secondary N) is 1. The molecule has 2 heteroatoms. The lowest BCUT2D eigenvalue weighted by atomic mass is 9.57. The van der Waals surface area contributed by atoms with Crippen LogP contribution in [0, 0.1) is 5.41 Å². The molecule has 2 aliphatic carbocycles. The third-order valence-electron chi connectivity index (χ3n) is 5.02. The van der Waals surface area contributed by atoms with Crippen LogP contribution in [-0.4, -0.2) is 6.04 Å². The maximum atomic E-state index is 3.81. The van der Waals surface area contributed by atoms with Gasteiger partial charge in [0.1, 0.15) is 0 Å². The van der Waals surface area contributed by atoms with E-state index in [-0.39, 0.29) is 0 Å². The summed E-state index contributed by atoms with van der Waals surface area (Å²) in [7, 11) is 0. The summed E-state index contributed by atoms with van der Waals surface area (Å²) < 4.78 is 1.23. The topological polar surface area (TPSA) is 12.0 Å². The number of halogens is 1. The van der Waals surface area contributed by atoms with E-state index in [0.29, 0.717) is 5.41 Å². The Morgan fingerprint density at radius 1 is 1.11 bits per heavy atom. The zero-order valence-corrected chi connectivity index (χ0v) is 12.5. The van der Waals surface area contributed by atoms with Crippen molar-refractivity contribution in [3.05, 3.63) is 34.3 Å². The molecule has 2 saturated carbocycles. The van der Waals surface area contributed by atoms with E-state index in [1.807, 2.05) is 0 Å². The molecule has 18 heavy (non-hydrogen) atoms. The highest BCUT2D eigenvalue weighted by atomic mass is 79.9. The molecule has 0 radical (unpaired) electrons. The predicted molar refractivity (Wildman–Crippen MR) is 79.5 cm³/mol. The molecule has 0 aromatic heterocycles. The molecule has 1 spiro atoms. The van der Waals surface area contributed by atoms with E-state index in [9.17, 15) is 0 Å². The molecule has 0 bridgehead atoms. The summed E-state index contributed by atoms with van der Waals surface area (Å²) in [5, 5.41) is 3.81. The van der Waals surface area contributed by atoms with E-state index in [1.54, 1.807) is 0 Å². The van der Waals surface area contributed by atoms with Gasteiger partial charge in [0, 0.05) is 17.1 Å². The molecule has 1 nitrogen and oxygen atoms in total. The fourth-order valence-electron chi connectivity index (χ4n) is 3.74. The highest BCUT2D eigenvalue weighted by Crippen LogP contribution is 2.51. The van der Waals surface area contributed by atoms with E-state index in [1.165, 1.54) is 55.0 Å². The minimum absolute atomic E-state index is 0.666. The zero-order valence-electron chi connectivity index (χ0n) is 10.9. The number of hydrogen-bond acceptors (Lipinski definition) is 1. The molecular formula is C16H22BrN. The van der Waals surface area contributed by atoms with Gasteiger partial charge in [-0.3, -0.25) is 0 Å². The van der Waals surface area contributed by atoms with Gasteiger partial charge in [0.25, 0.3) is 0 Å². The summed E-state index contributed by atoms with van der Waals surface area (Å²) in [5.41, 5.74) is 2.05. The molecule has 98 valence electrons. The average molecular weight is 308 g/mol. The molecule has 1 unspecified atom stereocenters. The molecule has 0 aliphatic heterocycles. The van der Waals surface area contributed by atoms with E-state index in [4.69, 9.17) is 0 Å². The van der Waals surface area contributed by atoms with Crippen molar-refractivity contribution in [3.63, 3.8) is 0 Å². The van der Waals surface area contributed by atoms with E-state index >= 15 is 0 Å². The van der Waals surface area contributed by atoms with Gasteiger partial charge in [0.05, 0.1) is 0 Å². The second kappa shape index (κ2) is 5.34. The van der Waals surface area contributed by atoms with Crippen LogP contribution >= 0.6 is 15.9 Å². The van der Waals surface area contributed by atoms with Gasteiger partial charge in [-0.25, -0.2) is 0 Å². The molecule has 1 aromatic carbocycles. The van der Waals surface area contributed by atoms with Crippen molar-refractivity contribution in [1.29, 1.82) is 0 Å². The summed E-state index contributed by atoms with van der Waals surface area (Å²) in [6, 6.07) is 9.32. The van der Waals surface area contributed by atoms with Gasteiger partial charge in [0.15, 0.2) is 0 Å². The third kappa shape index (κ3) is 2.37. The molecule has 1 atom stereocenters. The number of rotatable bonds is 3. The smallest absolute Gasteiger partial charge is 0.0220 e. The monoisotopic (exact) mass is 307 g/mol. The van der Waals surface area contributed by atoms with Gasteiger partial charge >= 0.3 is 0 Å². The summed E-state index contributed by atoms with van der Waals surface area (Å²) in [6.45, 7) is 1.01. The summed E-state index contributed by atoms with van der Waals surface area (Å²) in [5.74, 6) is 0. The van der Waals surface area contributed by atoms with Crippen LogP contribution in [-0.2, 0) is 6.54 Å². The van der Waals surface area contributed by atoms with Crippen LogP contribution in [0.25, 0.3) is 0 Å². The third-order valence-corrected chi connectivity index (χ3v) is 5.79. The van der Waals surface area contributed by atoms with Crippen molar-refractivity contribution in [2.24, 2.45) is 5.41 Å². The lowest BCUT2D eigenvalue weighted by molar-refractivity contribution is 0.0221. The Balaban J connectivity index is 1.59. The van der Waals surface area contributed by atoms with E-state index in [0.717, 1.165) is 12.6 Å². The largest absolute Gasteiger partial charge is 0.309 e. The highest BCUT2D eigenvalue weighted by Gasteiger charge is 2.46. The van der Waals surface area contributed by atoms with Crippen LogP contribution in [0.5, 0.6) is 0 Å². The first-order chi connectivity index (χ1) is 8.80. The fraction of sp³-hybridized carbons (Fsp3) is 0.625. The molecule has 1 N–H and O–H groups in total. The Morgan fingerprint density at radius 2 is 1.89 bits per heavy atom. The lowest BCUT2D eigenvalue weighted by Gasteiger charge is -2.52. The van der Waals surface area contributed by atoms with Crippen LogP contribution < -0.4 is 5.32 Å². The molecule has 0 saturated heterocycles. The minimum Gasteiger partial charge on any atom is -0.309 e. The molecule has 2 fully saturated rings. The molecule has 0 heterocycles. The summed E-state index contributed by atoms with van der Waals surface area (Å²) >= 11 is 3.63. The van der Waals surface area contributed by atoms with Crippen molar-refractivity contribution in [2.45, 2.75) is 57.5 Å². The Kier molecular flexibility index (Phi) is 3.76. The Morgan fingerprint density at radius 3 is 2.56 bits per heavy atom. The van der Waals surface area contributed by atoms with Crippen molar-refractivity contribution >= 4 is 15.9 Å². The Labute approximate surface area is 118 Å². The van der Waals surface area contributed by atoms with Crippen molar-refractivity contribution in [2.75, 3.05) is 0 Å². The second-order valence-corrected chi connectivity index (χ2v) is 6.84. The van der Waals surface area contributed by atoms with Gasteiger partial charge in [0.2, 0.25) is 0 Å². The quantitative estimate of drug-likeness (QED) is 0.857. The standard InChI is InChI=1S/C16H22BrN/c17-14-7-3-2-6-13(14)12-18-15-8-11-16(15)9-4-1-5-10-16/h2-3,6-7,15,18H,1,4-5,8-12H2. The second-order valence-electron chi connectivity index (χ2n) is 5.99. The van der Waals surface area contributed by atoms with E-state index in [2.05, 4.69) is 45.5 Å². The predicted octanol–water partition coefficient (Wildman–Crippen LogP) is 4.65. The van der Waals surface area contributed by atoms with E-state index < -0.39 is 0 Å². The molecule has 3 rings (SSSR count). The maximum absolute atomic E-state index is 3.81. The van der Waals surface area contributed by atoms with Gasteiger partial charge < -0.3 is 5.32 Å². The maximum Gasteiger partial charge on any atom is 0.0220 e. The Bertz CT molecular complexity index is 409. The van der Waals surface area contributed by atoms with Crippen LogP contribution in [0.2, 0.25) is 0 Å². The van der Waals surface area contributed by atoms with Gasteiger partial charge in [-0.2, -0.15) is 0 Å². The molecular weight excluding hydrogens is 286 g/mol. The summed E-state index contributed by atoms with van der Waals surface area (Å²) in [4.78, 5) is 0. The zero-order chi connectivity index (χ0) is 12.4. The fourth-order valence-corrected chi connectivity index (χ4v) is 4.17. The van der Waals surface area contributed by atoms with Crippen LogP contribution in [0.3, 0.4) is 0 Å². The first-order valence-corrected chi connectivity index (χ1v) is 8.06. The van der Waals surface area contributed by atoms with Crippen molar-refractivity contribution in [3.8, 4) is 0 Å². The van der Waals surface area contributed by atoms with Crippen LogP contribution in [0.15, 0.2) is 28.7 Å². The average Bonchev–Trinajstić information content (AvgIpc) is 2.41. The lowest BCUT2D eigenvalue weighted by Crippen LogP contribution is -2.54. The van der Waals surface area contributed by atoms with Crippen molar-refractivity contribution < 1.29 is 0 Å². The van der Waals surface area contributed by atoms with Gasteiger partial charge in [-0.1, -0.05) is 53.4 Å². The normalized spacial score (nSPS) is 25.9. The highest BCUT2D eigenvalue weighted by molar-refractivity contribution is 9.10. The minimum atomic E-state index is 0.666. The first-order valence-electron chi connectivity index (χ1n) is 7.27. The van der Waals surface area contributed by atoms with Gasteiger partial charge in [-0.05, 0) is 42.7 Å². The molecule has 1 aromatic rings. The van der Waals surface area contributed by atoms with Crippen molar-refractivity contribution in [1.82, 2.24) is 5.32 Å². The number of benzene rings is 1. The molecule has 0 amide bonds.